The van der Waals surface area contributed by atoms with Gasteiger partial charge in [0.15, 0.2) is 0 Å². The number of hydrogen-bond donors (Lipinski definition) is 1. The van der Waals surface area contributed by atoms with Gasteiger partial charge in [-0.15, -0.1) is 0 Å². The zero-order valence-electron chi connectivity index (χ0n) is 15.1. The lowest BCUT2D eigenvalue weighted by atomic mass is 10.1. The Morgan fingerprint density at radius 2 is 1.73 bits per heavy atom. The summed E-state index contributed by atoms with van der Waals surface area (Å²) in [6.45, 7) is 6.49. The first-order valence-corrected chi connectivity index (χ1v) is 8.97. The van der Waals surface area contributed by atoms with Gasteiger partial charge in [-0.1, -0.05) is 42.5 Å². The summed E-state index contributed by atoms with van der Waals surface area (Å²) in [5.74, 6) is -0.0655. The summed E-state index contributed by atoms with van der Waals surface area (Å²) in [6, 6.07) is 19.4. The van der Waals surface area contributed by atoms with Crippen molar-refractivity contribution in [2.24, 2.45) is 0 Å². The van der Waals surface area contributed by atoms with E-state index >= 15 is 0 Å². The summed E-state index contributed by atoms with van der Waals surface area (Å²) >= 11 is 0. The second-order valence-corrected chi connectivity index (χ2v) is 6.62. The summed E-state index contributed by atoms with van der Waals surface area (Å²) in [4.78, 5) is 17.2. The molecule has 1 atom stereocenters. The predicted molar refractivity (Wildman–Crippen MR) is 103 cm³/mol. The third-order valence-corrected chi connectivity index (χ3v) is 4.89. The van der Waals surface area contributed by atoms with Crippen LogP contribution in [0.1, 0.15) is 18.1 Å². The van der Waals surface area contributed by atoms with E-state index in [1.54, 1.807) is 18.2 Å². The molecule has 1 saturated heterocycles. The first-order chi connectivity index (χ1) is 12.7. The number of carbonyl (C=O) groups excluding carboxylic acids is 1. The smallest absolute Gasteiger partial charge is 0.241 e. The number of nitriles is 1. The van der Waals surface area contributed by atoms with Crippen molar-refractivity contribution >= 4 is 11.6 Å². The van der Waals surface area contributed by atoms with Crippen molar-refractivity contribution in [2.45, 2.75) is 19.5 Å². The molecule has 1 fully saturated rings. The van der Waals surface area contributed by atoms with Gasteiger partial charge in [-0.3, -0.25) is 14.6 Å². The van der Waals surface area contributed by atoms with Gasteiger partial charge in [0.2, 0.25) is 5.91 Å². The van der Waals surface area contributed by atoms with Gasteiger partial charge in [0.25, 0.3) is 0 Å². The predicted octanol–water partition coefficient (Wildman–Crippen LogP) is 2.70. The molecule has 2 aromatic carbocycles. The lowest BCUT2D eigenvalue weighted by molar-refractivity contribution is -0.121. The molecule has 0 unspecified atom stereocenters. The monoisotopic (exact) mass is 348 g/mol. The van der Waals surface area contributed by atoms with Crippen LogP contribution in [0.4, 0.5) is 5.69 Å². The molecule has 0 spiro atoms. The molecule has 0 aromatic heterocycles. The molecule has 0 radical (unpaired) electrons. The normalized spacial score (nSPS) is 16.6. The number of para-hydroxylation sites is 1. The van der Waals surface area contributed by atoms with Crippen molar-refractivity contribution < 1.29 is 4.79 Å². The van der Waals surface area contributed by atoms with Crippen LogP contribution >= 0.6 is 0 Å². The zero-order valence-corrected chi connectivity index (χ0v) is 15.1. The standard InChI is InChI=1S/C21H24N4O/c1-17(21(26)23-20-10-6-5-9-19(20)15-22)25-13-11-24(12-14-25)16-18-7-3-2-4-8-18/h2-10,17H,11-14,16H2,1H3,(H,23,26)/t17-/m0/s1. The van der Waals surface area contributed by atoms with Crippen molar-refractivity contribution in [1.82, 2.24) is 9.80 Å². The highest BCUT2D eigenvalue weighted by molar-refractivity contribution is 5.95. The summed E-state index contributed by atoms with van der Waals surface area (Å²) < 4.78 is 0. The molecule has 0 bridgehead atoms. The molecule has 134 valence electrons. The van der Waals surface area contributed by atoms with Gasteiger partial charge >= 0.3 is 0 Å². The van der Waals surface area contributed by atoms with E-state index in [9.17, 15) is 4.79 Å². The fourth-order valence-electron chi connectivity index (χ4n) is 3.24. The lowest BCUT2D eigenvalue weighted by Crippen LogP contribution is -2.52. The maximum atomic E-state index is 12.6. The number of nitrogens with zero attached hydrogens (tertiary/aromatic N) is 3. The van der Waals surface area contributed by atoms with Crippen LogP contribution in [0.3, 0.4) is 0 Å². The summed E-state index contributed by atoms with van der Waals surface area (Å²) in [5, 5.41) is 12.0. The Bertz CT molecular complexity index is 776. The summed E-state index contributed by atoms with van der Waals surface area (Å²) in [7, 11) is 0. The van der Waals surface area contributed by atoms with Crippen LogP contribution in [0.5, 0.6) is 0 Å². The van der Waals surface area contributed by atoms with Crippen molar-refractivity contribution in [3.63, 3.8) is 0 Å². The molecular weight excluding hydrogens is 324 g/mol. The van der Waals surface area contributed by atoms with E-state index in [0.29, 0.717) is 11.3 Å². The third kappa shape index (κ3) is 4.48. The first kappa shape index (κ1) is 18.1. The largest absolute Gasteiger partial charge is 0.324 e. The lowest BCUT2D eigenvalue weighted by Gasteiger charge is -2.37. The molecule has 1 aliphatic heterocycles. The van der Waals surface area contributed by atoms with Gasteiger partial charge in [-0.25, -0.2) is 0 Å². The molecule has 5 nitrogen and oxygen atoms in total. The minimum Gasteiger partial charge on any atom is -0.324 e. The van der Waals surface area contributed by atoms with E-state index in [0.717, 1.165) is 32.7 Å². The molecule has 3 rings (SSSR count). The Kier molecular flexibility index (Phi) is 6.00. The fourth-order valence-corrected chi connectivity index (χ4v) is 3.24. The van der Waals surface area contributed by atoms with Crippen molar-refractivity contribution in [1.29, 1.82) is 5.26 Å². The highest BCUT2D eigenvalue weighted by Crippen LogP contribution is 2.16. The quantitative estimate of drug-likeness (QED) is 0.903. The minimum absolute atomic E-state index is 0.0655. The number of nitrogens with one attached hydrogen (secondary N) is 1. The van der Waals surface area contributed by atoms with E-state index in [2.05, 4.69) is 45.5 Å². The second-order valence-electron chi connectivity index (χ2n) is 6.62. The van der Waals surface area contributed by atoms with Crippen LogP contribution in [0.15, 0.2) is 54.6 Å². The minimum atomic E-state index is -0.222. The fraction of sp³-hybridized carbons (Fsp3) is 0.333. The highest BCUT2D eigenvalue weighted by atomic mass is 16.2. The highest BCUT2D eigenvalue weighted by Gasteiger charge is 2.25. The Balaban J connectivity index is 1.52. The molecule has 1 aliphatic rings. The Morgan fingerprint density at radius 1 is 1.08 bits per heavy atom. The van der Waals surface area contributed by atoms with E-state index in [1.165, 1.54) is 5.56 Å². The third-order valence-electron chi connectivity index (χ3n) is 4.89. The van der Waals surface area contributed by atoms with Crippen molar-refractivity contribution in [2.75, 3.05) is 31.5 Å². The maximum absolute atomic E-state index is 12.6. The number of piperazine rings is 1. The van der Waals surface area contributed by atoms with E-state index in [-0.39, 0.29) is 11.9 Å². The van der Waals surface area contributed by atoms with Gasteiger partial charge in [0.05, 0.1) is 17.3 Å². The molecule has 2 aromatic rings. The average molecular weight is 348 g/mol. The average Bonchev–Trinajstić information content (AvgIpc) is 2.69. The zero-order chi connectivity index (χ0) is 18.4. The van der Waals surface area contributed by atoms with Gasteiger partial charge in [0.1, 0.15) is 6.07 Å². The van der Waals surface area contributed by atoms with Crippen LogP contribution in [0.25, 0.3) is 0 Å². The van der Waals surface area contributed by atoms with Gasteiger partial charge < -0.3 is 5.32 Å². The summed E-state index contributed by atoms with van der Waals surface area (Å²) in [5.41, 5.74) is 2.38. The van der Waals surface area contributed by atoms with Crippen LogP contribution < -0.4 is 5.32 Å². The van der Waals surface area contributed by atoms with E-state index in [4.69, 9.17) is 5.26 Å². The van der Waals surface area contributed by atoms with E-state index < -0.39 is 0 Å². The summed E-state index contributed by atoms with van der Waals surface area (Å²) in [6.07, 6.45) is 0. The number of anilines is 1. The van der Waals surface area contributed by atoms with Crippen LogP contribution in [0.2, 0.25) is 0 Å². The Labute approximate surface area is 154 Å². The molecule has 1 amide bonds. The molecule has 26 heavy (non-hydrogen) atoms. The molecule has 1 heterocycles. The van der Waals surface area contributed by atoms with E-state index in [1.807, 2.05) is 19.1 Å². The maximum Gasteiger partial charge on any atom is 0.241 e. The topological polar surface area (TPSA) is 59.4 Å². The second kappa shape index (κ2) is 8.61. The van der Waals surface area contributed by atoms with Crippen LogP contribution in [-0.4, -0.2) is 47.9 Å². The van der Waals surface area contributed by atoms with Crippen molar-refractivity contribution in [3.05, 3.63) is 65.7 Å². The van der Waals surface area contributed by atoms with Crippen molar-refractivity contribution in [3.8, 4) is 6.07 Å². The number of amides is 1. The SMILES string of the molecule is C[C@@H](C(=O)Nc1ccccc1C#N)N1CCN(Cc2ccccc2)CC1. The van der Waals surface area contributed by atoms with Crippen LogP contribution in [0, 0.1) is 11.3 Å². The molecular formula is C21H24N4O. The Morgan fingerprint density at radius 3 is 2.42 bits per heavy atom. The van der Waals surface area contributed by atoms with Gasteiger partial charge in [-0.2, -0.15) is 5.26 Å². The number of carbonyl (C=O) groups is 1. The molecule has 0 saturated carbocycles. The molecule has 0 aliphatic carbocycles. The first-order valence-electron chi connectivity index (χ1n) is 8.97. The molecule has 5 heteroatoms. The number of rotatable bonds is 5. The van der Waals surface area contributed by atoms with Gasteiger partial charge in [-0.05, 0) is 24.6 Å². The van der Waals surface area contributed by atoms with Crippen LogP contribution in [-0.2, 0) is 11.3 Å². The number of hydrogen-bond acceptors (Lipinski definition) is 4. The Hall–Kier alpha value is -2.68. The molecule has 1 N–H and O–H groups in total. The number of benzene rings is 2. The van der Waals surface area contributed by atoms with Gasteiger partial charge in [0, 0.05) is 32.7 Å².